The zero-order valence-corrected chi connectivity index (χ0v) is 11.0. The normalized spacial score (nSPS) is 22.6. The minimum atomic E-state index is -0.200. The number of hydrogen-bond acceptors (Lipinski definition) is 4. The van der Waals surface area contributed by atoms with Gasteiger partial charge in [0, 0.05) is 5.92 Å². The Morgan fingerprint density at radius 2 is 1.68 bits per heavy atom. The van der Waals surface area contributed by atoms with E-state index in [9.17, 15) is 9.59 Å². The van der Waals surface area contributed by atoms with E-state index in [1.165, 1.54) is 0 Å². The van der Waals surface area contributed by atoms with Crippen molar-refractivity contribution in [2.24, 2.45) is 11.8 Å². The Bertz CT molecular complexity index is 430. The summed E-state index contributed by atoms with van der Waals surface area (Å²) in [6.45, 7) is 0. The molecule has 0 aliphatic heterocycles. The quantitative estimate of drug-likeness (QED) is 0.475. The summed E-state index contributed by atoms with van der Waals surface area (Å²) < 4.78 is 10.4. The summed E-state index contributed by atoms with van der Waals surface area (Å²) in [5.41, 5.74) is 0. The Kier molecular flexibility index (Phi) is 4.55. The van der Waals surface area contributed by atoms with E-state index in [0.29, 0.717) is 5.75 Å². The zero-order valence-electron chi connectivity index (χ0n) is 11.0. The Morgan fingerprint density at radius 3 is 2.21 bits per heavy atom. The molecule has 0 aromatic heterocycles. The molecule has 1 saturated carbocycles. The standard InChI is InChI=1S/C15H18O4/c1-18-13-6-8-14(9-7-13)19-15(17)12-4-2-11(10-16)3-5-12/h6-12H,2-5H2,1H3. The molecule has 4 heteroatoms. The van der Waals surface area contributed by atoms with E-state index in [4.69, 9.17) is 9.47 Å². The molecule has 1 aromatic carbocycles. The molecule has 0 spiro atoms. The molecule has 0 unspecified atom stereocenters. The lowest BCUT2D eigenvalue weighted by atomic mass is 9.83. The highest BCUT2D eigenvalue weighted by Gasteiger charge is 2.27. The van der Waals surface area contributed by atoms with Gasteiger partial charge in [0.1, 0.15) is 17.8 Å². The summed E-state index contributed by atoms with van der Waals surface area (Å²) in [6.07, 6.45) is 4.03. The molecule has 0 saturated heterocycles. The van der Waals surface area contributed by atoms with Gasteiger partial charge in [-0.1, -0.05) is 0 Å². The van der Waals surface area contributed by atoms with Gasteiger partial charge in [-0.05, 0) is 49.9 Å². The van der Waals surface area contributed by atoms with Gasteiger partial charge in [-0.3, -0.25) is 4.79 Å². The average molecular weight is 262 g/mol. The van der Waals surface area contributed by atoms with Crippen LogP contribution < -0.4 is 9.47 Å². The summed E-state index contributed by atoms with van der Waals surface area (Å²) in [5, 5.41) is 0. The first-order valence-electron chi connectivity index (χ1n) is 6.54. The van der Waals surface area contributed by atoms with Crippen LogP contribution in [0.3, 0.4) is 0 Å². The smallest absolute Gasteiger partial charge is 0.314 e. The number of ether oxygens (including phenoxy) is 2. The molecule has 4 nitrogen and oxygen atoms in total. The maximum atomic E-state index is 12.0. The lowest BCUT2D eigenvalue weighted by molar-refractivity contribution is -0.140. The first kappa shape index (κ1) is 13.6. The van der Waals surface area contributed by atoms with Crippen molar-refractivity contribution in [1.29, 1.82) is 0 Å². The van der Waals surface area contributed by atoms with Crippen molar-refractivity contribution in [2.75, 3.05) is 7.11 Å². The maximum absolute atomic E-state index is 12.0. The van der Waals surface area contributed by atoms with Gasteiger partial charge in [0.15, 0.2) is 0 Å². The molecule has 0 N–H and O–H groups in total. The highest BCUT2D eigenvalue weighted by atomic mass is 16.5. The number of carbonyl (C=O) groups excluding carboxylic acids is 2. The summed E-state index contributed by atoms with van der Waals surface area (Å²) >= 11 is 0. The largest absolute Gasteiger partial charge is 0.497 e. The number of esters is 1. The first-order chi connectivity index (χ1) is 9.22. The topological polar surface area (TPSA) is 52.6 Å². The fourth-order valence-electron chi connectivity index (χ4n) is 2.33. The third-order valence-corrected chi connectivity index (χ3v) is 3.58. The molecule has 2 rings (SSSR count). The van der Waals surface area contributed by atoms with Crippen LogP contribution in [0, 0.1) is 11.8 Å². The number of aldehydes is 1. The van der Waals surface area contributed by atoms with Crippen LogP contribution >= 0.6 is 0 Å². The van der Waals surface area contributed by atoms with Gasteiger partial charge in [-0.2, -0.15) is 0 Å². The van der Waals surface area contributed by atoms with E-state index in [-0.39, 0.29) is 17.8 Å². The first-order valence-corrected chi connectivity index (χ1v) is 6.54. The summed E-state index contributed by atoms with van der Waals surface area (Å²) in [5.74, 6) is 1.09. The number of benzene rings is 1. The molecular weight excluding hydrogens is 244 g/mol. The molecular formula is C15H18O4. The van der Waals surface area contributed by atoms with Gasteiger partial charge < -0.3 is 14.3 Å². The molecule has 0 atom stereocenters. The van der Waals surface area contributed by atoms with E-state index in [1.807, 2.05) is 0 Å². The van der Waals surface area contributed by atoms with Gasteiger partial charge in [-0.25, -0.2) is 0 Å². The molecule has 1 aliphatic rings. The lowest BCUT2D eigenvalue weighted by Gasteiger charge is -2.23. The summed E-state index contributed by atoms with van der Waals surface area (Å²) in [6, 6.07) is 6.94. The van der Waals surface area contributed by atoms with Gasteiger partial charge in [0.2, 0.25) is 0 Å². The van der Waals surface area contributed by atoms with Gasteiger partial charge in [0.05, 0.1) is 13.0 Å². The van der Waals surface area contributed by atoms with Crippen LogP contribution in [-0.4, -0.2) is 19.4 Å². The maximum Gasteiger partial charge on any atom is 0.314 e. The molecule has 0 bridgehead atoms. The Morgan fingerprint density at radius 1 is 1.11 bits per heavy atom. The monoisotopic (exact) mass is 262 g/mol. The molecule has 19 heavy (non-hydrogen) atoms. The Balaban J connectivity index is 1.88. The van der Waals surface area contributed by atoms with Crippen molar-refractivity contribution in [3.8, 4) is 11.5 Å². The van der Waals surface area contributed by atoms with Gasteiger partial charge >= 0.3 is 5.97 Å². The number of methoxy groups -OCH3 is 1. The van der Waals surface area contributed by atoms with Gasteiger partial charge in [-0.15, -0.1) is 0 Å². The number of carbonyl (C=O) groups is 2. The lowest BCUT2D eigenvalue weighted by Crippen LogP contribution is -2.26. The fourth-order valence-corrected chi connectivity index (χ4v) is 2.33. The van der Waals surface area contributed by atoms with Gasteiger partial charge in [0.25, 0.3) is 0 Å². The van der Waals surface area contributed by atoms with Crippen LogP contribution in [-0.2, 0) is 9.59 Å². The van der Waals surface area contributed by atoms with Crippen LogP contribution in [0.1, 0.15) is 25.7 Å². The van der Waals surface area contributed by atoms with Crippen molar-refractivity contribution < 1.29 is 19.1 Å². The van der Waals surface area contributed by atoms with Crippen molar-refractivity contribution in [1.82, 2.24) is 0 Å². The van der Waals surface area contributed by atoms with E-state index in [2.05, 4.69) is 0 Å². The van der Waals surface area contributed by atoms with Crippen LogP contribution in [0.5, 0.6) is 11.5 Å². The second kappa shape index (κ2) is 6.36. The highest BCUT2D eigenvalue weighted by Crippen LogP contribution is 2.29. The molecule has 0 radical (unpaired) electrons. The molecule has 0 heterocycles. The fraction of sp³-hybridized carbons (Fsp3) is 0.467. The summed E-state index contributed by atoms with van der Waals surface area (Å²) in [4.78, 5) is 22.6. The van der Waals surface area contributed by atoms with E-state index < -0.39 is 0 Å². The van der Waals surface area contributed by atoms with Crippen LogP contribution in [0.4, 0.5) is 0 Å². The van der Waals surface area contributed by atoms with Crippen molar-refractivity contribution in [3.05, 3.63) is 24.3 Å². The Labute approximate surface area is 112 Å². The Hall–Kier alpha value is -1.84. The van der Waals surface area contributed by atoms with Crippen molar-refractivity contribution in [2.45, 2.75) is 25.7 Å². The molecule has 1 aliphatic carbocycles. The van der Waals surface area contributed by atoms with Crippen LogP contribution in [0.2, 0.25) is 0 Å². The third kappa shape index (κ3) is 3.56. The number of hydrogen-bond donors (Lipinski definition) is 0. The molecule has 1 aromatic rings. The highest BCUT2D eigenvalue weighted by molar-refractivity contribution is 5.75. The molecule has 1 fully saturated rings. The number of rotatable bonds is 4. The zero-order chi connectivity index (χ0) is 13.7. The summed E-state index contributed by atoms with van der Waals surface area (Å²) in [7, 11) is 1.59. The van der Waals surface area contributed by atoms with Crippen molar-refractivity contribution in [3.63, 3.8) is 0 Å². The molecule has 102 valence electrons. The predicted molar refractivity (Wildman–Crippen MR) is 70.1 cm³/mol. The minimum absolute atomic E-state index is 0.0849. The van der Waals surface area contributed by atoms with E-state index in [1.54, 1.807) is 31.4 Å². The molecule has 0 amide bonds. The van der Waals surface area contributed by atoms with Crippen LogP contribution in [0.25, 0.3) is 0 Å². The van der Waals surface area contributed by atoms with E-state index >= 15 is 0 Å². The third-order valence-electron chi connectivity index (χ3n) is 3.58. The second-order valence-electron chi connectivity index (χ2n) is 4.84. The van der Waals surface area contributed by atoms with Crippen molar-refractivity contribution >= 4 is 12.3 Å². The SMILES string of the molecule is COc1ccc(OC(=O)C2CCC(C=O)CC2)cc1. The van der Waals surface area contributed by atoms with Crippen LogP contribution in [0.15, 0.2) is 24.3 Å². The predicted octanol–water partition coefficient (Wildman–Crippen LogP) is 2.61. The average Bonchev–Trinajstić information content (AvgIpc) is 2.48. The second-order valence-corrected chi connectivity index (χ2v) is 4.84. The van der Waals surface area contributed by atoms with E-state index in [0.717, 1.165) is 37.7 Å². The minimum Gasteiger partial charge on any atom is -0.497 e.